The van der Waals surface area contributed by atoms with E-state index in [2.05, 4.69) is 6.92 Å². The van der Waals surface area contributed by atoms with E-state index in [0.29, 0.717) is 11.4 Å². The lowest BCUT2D eigenvalue weighted by Crippen LogP contribution is -1.93. The first kappa shape index (κ1) is 7.92. The number of aromatic hydroxyl groups is 1. The smallest absolute Gasteiger partial charge is 0.120 e. The van der Waals surface area contributed by atoms with Gasteiger partial charge in [-0.15, -0.1) is 0 Å². The van der Waals surface area contributed by atoms with Crippen molar-refractivity contribution in [2.24, 2.45) is 0 Å². The van der Waals surface area contributed by atoms with Crippen LogP contribution in [0.4, 0.5) is 5.69 Å². The summed E-state index contributed by atoms with van der Waals surface area (Å²) in [6.07, 6.45) is 1.85. The van der Waals surface area contributed by atoms with Gasteiger partial charge in [0.15, 0.2) is 0 Å². The number of benzene rings is 1. The summed E-state index contributed by atoms with van der Waals surface area (Å²) in [4.78, 5) is 0. The third kappa shape index (κ3) is 1.64. The lowest BCUT2D eigenvalue weighted by molar-refractivity contribution is 0.468. The molecule has 1 aromatic rings. The van der Waals surface area contributed by atoms with Crippen molar-refractivity contribution in [3.05, 3.63) is 23.8 Å². The highest BCUT2D eigenvalue weighted by molar-refractivity contribution is 5.53. The van der Waals surface area contributed by atoms with Gasteiger partial charge >= 0.3 is 0 Å². The minimum absolute atomic E-state index is 0.312. The first-order chi connectivity index (χ1) is 5.25. The van der Waals surface area contributed by atoms with Crippen LogP contribution in [0.3, 0.4) is 0 Å². The quantitative estimate of drug-likeness (QED) is 0.634. The highest BCUT2D eigenvalue weighted by atomic mass is 16.3. The molecule has 0 unspecified atom stereocenters. The summed E-state index contributed by atoms with van der Waals surface area (Å²) in [5, 5.41) is 9.34. The molecule has 3 N–H and O–H groups in total. The Labute approximate surface area is 66.7 Å². The molecule has 0 bridgehead atoms. The van der Waals surface area contributed by atoms with Crippen molar-refractivity contribution in [3.63, 3.8) is 0 Å². The third-order valence-corrected chi connectivity index (χ3v) is 1.69. The second-order valence-corrected chi connectivity index (χ2v) is 2.59. The van der Waals surface area contributed by atoms with Gasteiger partial charge in [-0.05, 0) is 18.6 Å². The molecule has 0 aliphatic rings. The van der Waals surface area contributed by atoms with Crippen LogP contribution in [-0.4, -0.2) is 5.11 Å². The molecule has 2 nitrogen and oxygen atoms in total. The fourth-order valence-electron chi connectivity index (χ4n) is 1.11. The Morgan fingerprint density at radius 2 is 2.18 bits per heavy atom. The van der Waals surface area contributed by atoms with Gasteiger partial charge in [0.05, 0.1) is 0 Å². The van der Waals surface area contributed by atoms with Gasteiger partial charge in [-0.3, -0.25) is 0 Å². The van der Waals surface area contributed by atoms with Crippen molar-refractivity contribution in [2.45, 2.75) is 19.8 Å². The number of nitrogens with two attached hydrogens (primary N) is 1. The molecular formula is C9H13NO. The molecule has 0 amide bonds. The van der Waals surface area contributed by atoms with E-state index < -0.39 is 0 Å². The first-order valence-electron chi connectivity index (χ1n) is 3.82. The third-order valence-electron chi connectivity index (χ3n) is 1.69. The molecule has 2 heteroatoms. The van der Waals surface area contributed by atoms with Gasteiger partial charge in [-0.2, -0.15) is 0 Å². The summed E-state index contributed by atoms with van der Waals surface area (Å²) in [6.45, 7) is 2.06. The van der Waals surface area contributed by atoms with Crippen LogP contribution in [0.5, 0.6) is 5.75 Å². The van der Waals surface area contributed by atoms with Crippen molar-refractivity contribution in [3.8, 4) is 5.75 Å². The summed E-state index contributed by atoms with van der Waals surface area (Å²) in [7, 11) is 0. The molecule has 0 aliphatic heterocycles. The number of hydrogen-bond donors (Lipinski definition) is 2. The van der Waals surface area contributed by atoms with Crippen molar-refractivity contribution in [2.75, 3.05) is 5.73 Å². The number of anilines is 1. The minimum Gasteiger partial charge on any atom is -0.508 e. The van der Waals surface area contributed by atoms with Crippen LogP contribution >= 0.6 is 0 Å². The fourth-order valence-corrected chi connectivity index (χ4v) is 1.11. The van der Waals surface area contributed by atoms with E-state index in [0.717, 1.165) is 18.4 Å². The van der Waals surface area contributed by atoms with Crippen LogP contribution < -0.4 is 5.73 Å². The number of nitrogen functional groups attached to an aromatic ring is 1. The molecule has 0 heterocycles. The maximum absolute atomic E-state index is 9.34. The Bertz CT molecular complexity index is 225. The summed E-state index contributed by atoms with van der Waals surface area (Å²) < 4.78 is 0. The SMILES string of the molecule is CCCc1c(N)cccc1O. The molecule has 60 valence electrons. The lowest BCUT2D eigenvalue weighted by Gasteiger charge is -2.05. The Morgan fingerprint density at radius 3 is 2.73 bits per heavy atom. The molecule has 1 rings (SSSR count). The largest absolute Gasteiger partial charge is 0.508 e. The van der Waals surface area contributed by atoms with Crippen LogP contribution in [0.15, 0.2) is 18.2 Å². The van der Waals surface area contributed by atoms with Gasteiger partial charge in [0.25, 0.3) is 0 Å². The standard InChI is InChI=1S/C9H13NO/c1-2-4-7-8(10)5-3-6-9(7)11/h3,5-6,11H,2,4,10H2,1H3. The Hall–Kier alpha value is -1.18. The number of rotatable bonds is 2. The molecular weight excluding hydrogens is 138 g/mol. The summed E-state index contributed by atoms with van der Waals surface area (Å²) in [5.74, 6) is 0.312. The Morgan fingerprint density at radius 1 is 1.45 bits per heavy atom. The van der Waals surface area contributed by atoms with Gasteiger partial charge < -0.3 is 10.8 Å². The van der Waals surface area contributed by atoms with Gasteiger partial charge in [0.1, 0.15) is 5.75 Å². The highest BCUT2D eigenvalue weighted by Crippen LogP contribution is 2.23. The zero-order valence-corrected chi connectivity index (χ0v) is 6.67. The van der Waals surface area contributed by atoms with Crippen molar-refractivity contribution < 1.29 is 5.11 Å². The van der Waals surface area contributed by atoms with Gasteiger partial charge in [0, 0.05) is 11.3 Å². The minimum atomic E-state index is 0.312. The molecule has 0 atom stereocenters. The van der Waals surface area contributed by atoms with Crippen LogP contribution in [-0.2, 0) is 6.42 Å². The number of hydrogen-bond acceptors (Lipinski definition) is 2. The van der Waals surface area contributed by atoms with Crippen LogP contribution in [0.25, 0.3) is 0 Å². The summed E-state index contributed by atoms with van der Waals surface area (Å²) >= 11 is 0. The second kappa shape index (κ2) is 3.28. The van der Waals surface area contributed by atoms with E-state index in [-0.39, 0.29) is 0 Å². The molecule has 0 aromatic heterocycles. The van der Waals surface area contributed by atoms with E-state index in [9.17, 15) is 5.11 Å². The lowest BCUT2D eigenvalue weighted by atomic mass is 10.1. The maximum Gasteiger partial charge on any atom is 0.120 e. The summed E-state index contributed by atoms with van der Waals surface area (Å²) in [5.41, 5.74) is 7.20. The van der Waals surface area contributed by atoms with Crippen LogP contribution in [0.1, 0.15) is 18.9 Å². The van der Waals surface area contributed by atoms with E-state index in [1.54, 1.807) is 12.1 Å². The molecule has 1 aromatic carbocycles. The molecule has 0 spiro atoms. The Balaban J connectivity index is 3.00. The monoisotopic (exact) mass is 151 g/mol. The van der Waals surface area contributed by atoms with E-state index >= 15 is 0 Å². The van der Waals surface area contributed by atoms with E-state index in [1.807, 2.05) is 6.07 Å². The fraction of sp³-hybridized carbons (Fsp3) is 0.333. The maximum atomic E-state index is 9.34. The van der Waals surface area contributed by atoms with Crippen molar-refractivity contribution >= 4 is 5.69 Å². The highest BCUT2D eigenvalue weighted by Gasteiger charge is 2.02. The average molecular weight is 151 g/mol. The summed E-state index contributed by atoms with van der Waals surface area (Å²) in [6, 6.07) is 5.23. The zero-order valence-electron chi connectivity index (χ0n) is 6.67. The molecule has 11 heavy (non-hydrogen) atoms. The number of phenolic OH excluding ortho intramolecular Hbond substituents is 1. The van der Waals surface area contributed by atoms with Crippen LogP contribution in [0, 0.1) is 0 Å². The van der Waals surface area contributed by atoms with E-state index in [4.69, 9.17) is 5.73 Å². The van der Waals surface area contributed by atoms with Gasteiger partial charge in [-0.1, -0.05) is 19.4 Å². The predicted octanol–water partition coefficient (Wildman–Crippen LogP) is 1.93. The normalized spacial score (nSPS) is 9.91. The predicted molar refractivity (Wildman–Crippen MR) is 46.5 cm³/mol. The van der Waals surface area contributed by atoms with E-state index in [1.165, 1.54) is 0 Å². The van der Waals surface area contributed by atoms with Crippen molar-refractivity contribution in [1.82, 2.24) is 0 Å². The van der Waals surface area contributed by atoms with Crippen LogP contribution in [0.2, 0.25) is 0 Å². The topological polar surface area (TPSA) is 46.2 Å². The molecule has 0 aliphatic carbocycles. The zero-order chi connectivity index (χ0) is 8.27. The number of phenols is 1. The molecule has 0 radical (unpaired) electrons. The van der Waals surface area contributed by atoms with Gasteiger partial charge in [0.2, 0.25) is 0 Å². The van der Waals surface area contributed by atoms with Gasteiger partial charge in [-0.25, -0.2) is 0 Å². The Kier molecular flexibility index (Phi) is 2.36. The second-order valence-electron chi connectivity index (χ2n) is 2.59. The first-order valence-corrected chi connectivity index (χ1v) is 3.82. The van der Waals surface area contributed by atoms with Crippen molar-refractivity contribution in [1.29, 1.82) is 0 Å². The molecule has 0 saturated carbocycles. The molecule has 0 fully saturated rings. The average Bonchev–Trinajstić information content (AvgIpc) is 1.97. The molecule has 0 saturated heterocycles.